The summed E-state index contributed by atoms with van der Waals surface area (Å²) in [6, 6.07) is 12.3. The molecule has 1 aliphatic heterocycles. The van der Waals surface area contributed by atoms with E-state index >= 15 is 0 Å². The highest BCUT2D eigenvalue weighted by atomic mass is 16.7. The van der Waals surface area contributed by atoms with Crippen LogP contribution >= 0.6 is 0 Å². The van der Waals surface area contributed by atoms with E-state index in [2.05, 4.69) is 19.6 Å². The van der Waals surface area contributed by atoms with Crippen molar-refractivity contribution in [2.75, 3.05) is 33.5 Å². The Hall–Kier alpha value is -3.86. The van der Waals surface area contributed by atoms with Gasteiger partial charge in [-0.15, -0.1) is 6.58 Å². The van der Waals surface area contributed by atoms with Crippen LogP contribution in [0.2, 0.25) is 0 Å². The number of hydrogen-bond acceptors (Lipinski definition) is 9. The van der Waals surface area contributed by atoms with Gasteiger partial charge < -0.3 is 39.3 Å². The summed E-state index contributed by atoms with van der Waals surface area (Å²) in [6.45, 7) is 12.8. The van der Waals surface area contributed by atoms with Gasteiger partial charge in [-0.05, 0) is 106 Å². The van der Waals surface area contributed by atoms with Gasteiger partial charge >= 0.3 is 0 Å². The minimum absolute atomic E-state index is 0.0657. The minimum Gasteiger partial charge on any atom is -0.508 e. The molecule has 2 aromatic rings. The van der Waals surface area contributed by atoms with Crippen molar-refractivity contribution < 1.29 is 39.2 Å². The molecule has 3 aliphatic rings. The molecule has 0 aromatic heterocycles. The number of aliphatic hydroxyl groups is 2. The van der Waals surface area contributed by atoms with Gasteiger partial charge in [0.25, 0.3) is 0 Å². The lowest BCUT2D eigenvalue weighted by Crippen LogP contribution is -2.70. The summed E-state index contributed by atoms with van der Waals surface area (Å²) in [6.07, 6.45) is 9.95. The van der Waals surface area contributed by atoms with E-state index in [0.29, 0.717) is 43.7 Å². The van der Waals surface area contributed by atoms with Crippen LogP contribution in [0.4, 0.5) is 0 Å². The van der Waals surface area contributed by atoms with Crippen LogP contribution in [0, 0.1) is 17.8 Å². The van der Waals surface area contributed by atoms with Gasteiger partial charge in [0.2, 0.25) is 11.7 Å². The molecule has 0 unspecified atom stereocenters. The van der Waals surface area contributed by atoms with Crippen molar-refractivity contribution in [3.63, 3.8) is 0 Å². The van der Waals surface area contributed by atoms with E-state index in [4.69, 9.17) is 24.2 Å². The normalized spacial score (nSPS) is 25.5. The highest BCUT2D eigenvalue weighted by molar-refractivity contribution is 6.03. The maximum Gasteiger partial charge on any atom is 0.239 e. The Labute approximate surface area is 315 Å². The van der Waals surface area contributed by atoms with Gasteiger partial charge in [-0.2, -0.15) is 0 Å². The van der Waals surface area contributed by atoms with Gasteiger partial charge in [-0.3, -0.25) is 4.79 Å². The predicted molar refractivity (Wildman–Crippen MR) is 206 cm³/mol. The number of allylic oxidation sites excluding steroid dienone is 1. The van der Waals surface area contributed by atoms with Crippen LogP contribution in [0.25, 0.3) is 0 Å². The average molecular weight is 733 g/mol. The molecule has 1 saturated carbocycles. The quantitative estimate of drug-likeness (QED) is 0.0827. The van der Waals surface area contributed by atoms with E-state index in [-0.39, 0.29) is 55.7 Å². The fourth-order valence-electron chi connectivity index (χ4n) is 8.60. The van der Waals surface area contributed by atoms with Crippen molar-refractivity contribution in [2.24, 2.45) is 22.9 Å². The lowest BCUT2D eigenvalue weighted by atomic mass is 9.55. The number of methoxy groups -OCH3 is 1. The Morgan fingerprint density at radius 2 is 1.85 bits per heavy atom. The molecule has 1 fully saturated rings. The number of rotatable bonds is 18. The Bertz CT molecular complexity index is 1620. The molecule has 2 aliphatic carbocycles. The van der Waals surface area contributed by atoms with E-state index < -0.39 is 23.3 Å². The highest BCUT2D eigenvalue weighted by Gasteiger charge is 2.65. The maximum atomic E-state index is 14.7. The van der Waals surface area contributed by atoms with E-state index in [0.717, 1.165) is 48.1 Å². The standard InChI is InChI=1S/C43H60N2O8/c1-7-20-45(39(49)25-29-14-13-16-32(24-29)50-6)38-28-36(44-53-42(3,4)5)34-26-30(15-9-11-21-46)33(17-10-12-22-47)40-35-27-31(48)18-19-37(35)52-43(38,41(34)40)51-23-8-2/h8,13-14,16,18-19,24,26-27,30,33,38,40-41,46-48H,2,7,9-12,15,17,20-23,25,28H2,1,3-6H3/t30-,33+,38-,40+,41+,43+/m0/s1. The van der Waals surface area contributed by atoms with E-state index in [9.17, 15) is 20.1 Å². The fraction of sp³-hybridized carbons (Fsp3) is 0.581. The van der Waals surface area contributed by atoms with Crippen LogP contribution in [0.3, 0.4) is 0 Å². The molecule has 0 bridgehead atoms. The van der Waals surface area contributed by atoms with E-state index in [1.807, 2.05) is 62.1 Å². The molecule has 0 saturated heterocycles. The Morgan fingerprint density at radius 1 is 1.09 bits per heavy atom. The molecule has 5 rings (SSSR count). The molecule has 2 aromatic carbocycles. The van der Waals surface area contributed by atoms with Crippen molar-refractivity contribution >= 4 is 11.6 Å². The number of phenols is 1. The number of benzene rings is 2. The summed E-state index contributed by atoms with van der Waals surface area (Å²) < 4.78 is 19.7. The third kappa shape index (κ3) is 9.10. The topological polar surface area (TPSA) is 130 Å². The summed E-state index contributed by atoms with van der Waals surface area (Å²) in [7, 11) is 1.62. The highest BCUT2D eigenvalue weighted by Crippen LogP contribution is 2.62. The first-order valence-corrected chi connectivity index (χ1v) is 19.4. The third-order valence-corrected chi connectivity index (χ3v) is 10.7. The number of ether oxygens (including phenoxy) is 3. The molecule has 0 radical (unpaired) electrons. The smallest absolute Gasteiger partial charge is 0.239 e. The monoisotopic (exact) mass is 732 g/mol. The zero-order valence-corrected chi connectivity index (χ0v) is 32.3. The zero-order chi connectivity index (χ0) is 38.2. The number of oxime groups is 1. The van der Waals surface area contributed by atoms with Crippen molar-refractivity contribution in [3.8, 4) is 17.2 Å². The van der Waals surface area contributed by atoms with Crippen LogP contribution in [0.5, 0.6) is 17.2 Å². The van der Waals surface area contributed by atoms with Crippen molar-refractivity contribution in [3.05, 3.63) is 77.9 Å². The van der Waals surface area contributed by atoms with Crippen LogP contribution in [-0.4, -0.2) is 82.7 Å². The lowest BCUT2D eigenvalue weighted by molar-refractivity contribution is -0.257. The number of fused-ring (bicyclic) bond motifs is 2. The number of phenolic OH excluding ortho intramolecular Hbond substituents is 1. The summed E-state index contributed by atoms with van der Waals surface area (Å²) in [5.74, 6) is -0.367. The number of aliphatic hydroxyl groups excluding tert-OH is 2. The van der Waals surface area contributed by atoms with Crippen molar-refractivity contribution in [2.45, 2.75) is 109 Å². The van der Waals surface area contributed by atoms with Gasteiger partial charge in [-0.25, -0.2) is 0 Å². The van der Waals surface area contributed by atoms with Gasteiger partial charge in [-0.1, -0.05) is 49.2 Å². The zero-order valence-electron chi connectivity index (χ0n) is 32.3. The second-order valence-electron chi connectivity index (χ2n) is 15.6. The molecular weight excluding hydrogens is 672 g/mol. The average Bonchev–Trinajstić information content (AvgIpc) is 3.13. The van der Waals surface area contributed by atoms with Gasteiger partial charge in [0.15, 0.2) is 0 Å². The molecule has 1 amide bonds. The first-order valence-electron chi connectivity index (χ1n) is 19.4. The number of amides is 1. The second-order valence-corrected chi connectivity index (χ2v) is 15.6. The predicted octanol–water partition coefficient (Wildman–Crippen LogP) is 7.31. The van der Waals surface area contributed by atoms with Crippen LogP contribution in [0.15, 0.2) is 71.9 Å². The second kappa shape index (κ2) is 18.0. The Balaban J connectivity index is 1.75. The number of carbonyl (C=O) groups is 1. The summed E-state index contributed by atoms with van der Waals surface area (Å²) >= 11 is 0. The molecule has 1 heterocycles. The molecule has 3 N–H and O–H groups in total. The van der Waals surface area contributed by atoms with Gasteiger partial charge in [0.05, 0.1) is 31.8 Å². The number of hydrogen-bond donors (Lipinski definition) is 3. The number of aromatic hydroxyl groups is 1. The maximum absolute atomic E-state index is 14.7. The Kier molecular flexibility index (Phi) is 13.7. The first kappa shape index (κ1) is 40.3. The summed E-state index contributed by atoms with van der Waals surface area (Å²) in [5, 5.41) is 35.4. The van der Waals surface area contributed by atoms with Crippen molar-refractivity contribution in [1.29, 1.82) is 0 Å². The molecule has 10 nitrogen and oxygen atoms in total. The van der Waals surface area contributed by atoms with Crippen LogP contribution in [0.1, 0.15) is 96.1 Å². The summed E-state index contributed by atoms with van der Waals surface area (Å²) in [4.78, 5) is 22.8. The fourth-order valence-corrected chi connectivity index (χ4v) is 8.60. The van der Waals surface area contributed by atoms with E-state index in [1.165, 1.54) is 0 Å². The van der Waals surface area contributed by atoms with Crippen molar-refractivity contribution in [1.82, 2.24) is 4.90 Å². The molecule has 0 spiro atoms. The molecule has 6 atom stereocenters. The van der Waals surface area contributed by atoms with Crippen LogP contribution in [-0.2, 0) is 20.8 Å². The minimum atomic E-state index is -1.33. The lowest BCUT2D eigenvalue weighted by Gasteiger charge is -2.60. The molecular formula is C43H60N2O8. The molecule has 290 valence electrons. The van der Waals surface area contributed by atoms with Crippen LogP contribution < -0.4 is 9.47 Å². The molecule has 53 heavy (non-hydrogen) atoms. The number of carbonyl (C=O) groups excluding carboxylic acids is 1. The first-order chi connectivity index (χ1) is 25.5. The van der Waals surface area contributed by atoms with E-state index in [1.54, 1.807) is 19.3 Å². The number of nitrogens with zero attached hydrogens (tertiary/aromatic N) is 2. The SMILES string of the molecule is C=CCO[C@@]12Oc3ccc(O)cc3[C@H]3[C@H](CCCCO)[C@@H](CCCCO)C=C(C(=NOC(C)(C)C)C[C@@H]1N(CCC)C(=O)Cc1cccc(OC)c1)[C@H]32. The van der Waals surface area contributed by atoms with Gasteiger partial charge in [0, 0.05) is 37.7 Å². The third-order valence-electron chi connectivity index (χ3n) is 10.7. The number of unbranched alkanes of at least 4 members (excludes halogenated alkanes) is 2. The largest absolute Gasteiger partial charge is 0.508 e. The van der Waals surface area contributed by atoms with Gasteiger partial charge in [0.1, 0.15) is 28.9 Å². The molecule has 10 heteroatoms. The summed E-state index contributed by atoms with van der Waals surface area (Å²) in [5.41, 5.74) is 2.89. The Morgan fingerprint density at radius 3 is 2.53 bits per heavy atom.